The highest BCUT2D eigenvalue weighted by Crippen LogP contribution is 2.43. The van der Waals surface area contributed by atoms with Crippen molar-refractivity contribution in [2.45, 2.75) is 33.4 Å². The average molecular weight is 455 g/mol. The number of pyridine rings is 1. The van der Waals surface area contributed by atoms with Gasteiger partial charge in [0.05, 0.1) is 24.6 Å². The lowest BCUT2D eigenvalue weighted by Crippen LogP contribution is -2.35. The van der Waals surface area contributed by atoms with Crippen molar-refractivity contribution in [1.29, 1.82) is 0 Å². The molecule has 1 aliphatic rings. The summed E-state index contributed by atoms with van der Waals surface area (Å²) in [5, 5.41) is 4.88. The summed E-state index contributed by atoms with van der Waals surface area (Å²) in [6.07, 6.45) is 2.99. The second kappa shape index (κ2) is 6.91. The first-order valence-corrected chi connectivity index (χ1v) is 9.61. The molecule has 0 saturated heterocycles. The Kier molecular flexibility index (Phi) is 5.07. The summed E-state index contributed by atoms with van der Waals surface area (Å²) in [5.41, 5.74) is 0.810. The van der Waals surface area contributed by atoms with Gasteiger partial charge in [-0.05, 0) is 21.3 Å². The van der Waals surface area contributed by atoms with Crippen LogP contribution in [0.4, 0.5) is 0 Å². The molecule has 0 spiro atoms. The van der Waals surface area contributed by atoms with Crippen LogP contribution in [0.2, 0.25) is 5.02 Å². The van der Waals surface area contributed by atoms with Gasteiger partial charge in [0.25, 0.3) is 5.91 Å². The second-order valence-electron chi connectivity index (χ2n) is 7.87. The number of aromatic nitrogens is 3. The van der Waals surface area contributed by atoms with Gasteiger partial charge < -0.3 is 9.47 Å². The lowest BCUT2D eigenvalue weighted by atomic mass is 9.85. The zero-order valence-electron chi connectivity index (χ0n) is 15.8. The molecule has 0 unspecified atom stereocenters. The third-order valence-electron chi connectivity index (χ3n) is 4.50. The van der Waals surface area contributed by atoms with Crippen molar-refractivity contribution < 1.29 is 4.79 Å². The van der Waals surface area contributed by atoms with Crippen LogP contribution in [-0.2, 0) is 6.54 Å². The van der Waals surface area contributed by atoms with E-state index in [4.69, 9.17) is 11.6 Å². The van der Waals surface area contributed by atoms with Crippen LogP contribution >= 0.6 is 27.5 Å². The zero-order valence-corrected chi connectivity index (χ0v) is 18.2. The fourth-order valence-corrected chi connectivity index (χ4v) is 3.74. The molecule has 0 saturated carbocycles. The topological polar surface area (TPSA) is 72.5 Å². The number of carbonyl (C=O) groups excluding carboxylic acids is 1. The quantitative estimate of drug-likeness (QED) is 0.514. The average Bonchev–Trinajstić information content (AvgIpc) is 2.85. The number of halogens is 2. The zero-order chi connectivity index (χ0) is 20.1. The SMILES string of the molecule is CN(C)/C=N/C(=O)c1cn2c(cc1=O)-c1c(Cl)c(Br)nn1C[C@H]2C(C)(C)C. The van der Waals surface area contributed by atoms with Crippen molar-refractivity contribution in [2.24, 2.45) is 10.4 Å². The number of fused-ring (bicyclic) bond motifs is 3. The first-order chi connectivity index (χ1) is 12.5. The van der Waals surface area contributed by atoms with E-state index < -0.39 is 11.3 Å². The van der Waals surface area contributed by atoms with Gasteiger partial charge in [0.2, 0.25) is 0 Å². The molecule has 1 amide bonds. The molecule has 0 fully saturated rings. The van der Waals surface area contributed by atoms with E-state index in [1.807, 2.05) is 9.25 Å². The molecule has 0 bridgehead atoms. The van der Waals surface area contributed by atoms with Crippen LogP contribution in [0.15, 0.2) is 26.7 Å². The van der Waals surface area contributed by atoms with Gasteiger partial charge in [-0.15, -0.1) is 0 Å². The molecule has 27 heavy (non-hydrogen) atoms. The molecule has 1 aliphatic heterocycles. The lowest BCUT2D eigenvalue weighted by molar-refractivity contribution is 0.0999. The standard InChI is InChI=1S/C18H21BrClN5O2/c1-18(2,3)13-8-25-15(14(20)16(19)22-25)11-6-12(26)10(7-24(11)13)17(27)21-9-23(4)5/h6-7,9,13H,8H2,1-5H3/b21-9+/t13-/m0/s1. The van der Waals surface area contributed by atoms with Crippen molar-refractivity contribution in [3.8, 4) is 11.4 Å². The molecular weight excluding hydrogens is 434 g/mol. The minimum Gasteiger partial charge on any atom is -0.369 e. The highest BCUT2D eigenvalue weighted by Gasteiger charge is 2.35. The summed E-state index contributed by atoms with van der Waals surface area (Å²) in [7, 11) is 3.51. The van der Waals surface area contributed by atoms with Crippen LogP contribution < -0.4 is 5.43 Å². The second-order valence-corrected chi connectivity index (χ2v) is 9.00. The molecule has 1 atom stereocenters. The smallest absolute Gasteiger partial charge is 0.283 e. The molecular formula is C18H21BrClN5O2. The Bertz CT molecular complexity index is 1000. The maximum atomic E-state index is 12.7. The highest BCUT2D eigenvalue weighted by molar-refractivity contribution is 9.10. The fourth-order valence-electron chi connectivity index (χ4n) is 3.13. The molecule has 9 heteroatoms. The highest BCUT2D eigenvalue weighted by atomic mass is 79.9. The maximum Gasteiger partial charge on any atom is 0.283 e. The number of hydrogen-bond donors (Lipinski definition) is 0. The fraction of sp³-hybridized carbons (Fsp3) is 0.444. The van der Waals surface area contributed by atoms with Crippen LogP contribution in [0.5, 0.6) is 0 Å². The van der Waals surface area contributed by atoms with E-state index in [0.717, 1.165) is 0 Å². The van der Waals surface area contributed by atoms with Crippen molar-refractivity contribution in [1.82, 2.24) is 19.2 Å². The molecule has 0 aromatic carbocycles. The molecule has 3 heterocycles. The summed E-state index contributed by atoms with van der Waals surface area (Å²) in [5.74, 6) is -0.567. The number of aliphatic imine (C=N–C) groups is 1. The first-order valence-electron chi connectivity index (χ1n) is 8.44. The summed E-state index contributed by atoms with van der Waals surface area (Å²) < 4.78 is 4.29. The Morgan fingerprint density at radius 3 is 2.70 bits per heavy atom. The van der Waals surface area contributed by atoms with Gasteiger partial charge in [-0.1, -0.05) is 32.4 Å². The normalized spacial score (nSPS) is 16.3. The van der Waals surface area contributed by atoms with Crippen LogP contribution in [0.3, 0.4) is 0 Å². The third kappa shape index (κ3) is 3.60. The van der Waals surface area contributed by atoms with E-state index in [0.29, 0.717) is 27.6 Å². The number of rotatable bonds is 2. The van der Waals surface area contributed by atoms with Gasteiger partial charge in [0.1, 0.15) is 20.9 Å². The number of carbonyl (C=O) groups is 1. The third-order valence-corrected chi connectivity index (χ3v) is 5.64. The summed E-state index contributed by atoms with van der Waals surface area (Å²) in [6.45, 7) is 6.90. The van der Waals surface area contributed by atoms with E-state index in [1.165, 1.54) is 12.4 Å². The number of nitrogens with zero attached hydrogens (tertiary/aromatic N) is 5. The molecule has 0 N–H and O–H groups in total. The van der Waals surface area contributed by atoms with Gasteiger partial charge in [0.15, 0.2) is 5.43 Å². The van der Waals surface area contributed by atoms with Crippen LogP contribution in [-0.4, -0.2) is 45.6 Å². The monoisotopic (exact) mass is 453 g/mol. The van der Waals surface area contributed by atoms with Crippen LogP contribution in [0.25, 0.3) is 11.4 Å². The van der Waals surface area contributed by atoms with Gasteiger partial charge >= 0.3 is 0 Å². The van der Waals surface area contributed by atoms with Crippen molar-refractivity contribution >= 4 is 39.8 Å². The van der Waals surface area contributed by atoms with Crippen molar-refractivity contribution in [3.63, 3.8) is 0 Å². The molecule has 7 nitrogen and oxygen atoms in total. The van der Waals surface area contributed by atoms with Crippen molar-refractivity contribution in [3.05, 3.63) is 37.7 Å². The van der Waals surface area contributed by atoms with E-state index in [1.54, 1.807) is 25.2 Å². The van der Waals surface area contributed by atoms with E-state index in [9.17, 15) is 9.59 Å². The Morgan fingerprint density at radius 2 is 2.11 bits per heavy atom. The predicted molar refractivity (Wildman–Crippen MR) is 110 cm³/mol. The van der Waals surface area contributed by atoms with Gasteiger partial charge in [-0.25, -0.2) is 0 Å². The lowest BCUT2D eigenvalue weighted by Gasteiger charge is -2.38. The predicted octanol–water partition coefficient (Wildman–Crippen LogP) is 3.46. The number of hydrogen-bond acceptors (Lipinski definition) is 3. The molecule has 2 aromatic rings. The van der Waals surface area contributed by atoms with E-state index in [2.05, 4.69) is 46.8 Å². The largest absolute Gasteiger partial charge is 0.369 e. The van der Waals surface area contributed by atoms with Gasteiger partial charge in [0, 0.05) is 26.4 Å². The molecule has 0 aliphatic carbocycles. The molecule has 2 aromatic heterocycles. The Morgan fingerprint density at radius 1 is 1.44 bits per heavy atom. The van der Waals surface area contributed by atoms with E-state index in [-0.39, 0.29) is 17.0 Å². The molecule has 144 valence electrons. The van der Waals surface area contributed by atoms with Crippen LogP contribution in [0, 0.1) is 5.41 Å². The van der Waals surface area contributed by atoms with Gasteiger partial charge in [-0.3, -0.25) is 14.3 Å². The summed E-state index contributed by atoms with van der Waals surface area (Å²) in [4.78, 5) is 30.6. The molecule has 0 radical (unpaired) electrons. The minimum absolute atomic E-state index is 0.0205. The Balaban J connectivity index is 2.23. The summed E-state index contributed by atoms with van der Waals surface area (Å²) >= 11 is 9.77. The maximum absolute atomic E-state index is 12.7. The van der Waals surface area contributed by atoms with E-state index >= 15 is 0 Å². The Labute approximate surface area is 170 Å². The van der Waals surface area contributed by atoms with Gasteiger partial charge in [-0.2, -0.15) is 10.1 Å². The summed E-state index contributed by atoms with van der Waals surface area (Å²) in [6, 6.07) is 1.43. The van der Waals surface area contributed by atoms with Crippen LogP contribution in [0.1, 0.15) is 37.2 Å². The Hall–Kier alpha value is -1.93. The minimum atomic E-state index is -0.567. The molecule has 3 rings (SSSR count). The van der Waals surface area contributed by atoms with Crippen molar-refractivity contribution in [2.75, 3.05) is 14.1 Å². The first kappa shape index (κ1) is 19.8. The number of amides is 1.